The highest BCUT2D eigenvalue weighted by molar-refractivity contribution is 9.10. The van der Waals surface area contributed by atoms with E-state index in [-0.39, 0.29) is 10.1 Å². The predicted octanol–water partition coefficient (Wildman–Crippen LogP) is 12.1. The van der Waals surface area contributed by atoms with Crippen molar-refractivity contribution in [3.8, 4) is 0 Å². The molecule has 0 N–H and O–H groups in total. The third kappa shape index (κ3) is 6.42. The highest BCUT2D eigenvalue weighted by atomic mass is 79.9. The number of halogens is 2. The summed E-state index contributed by atoms with van der Waals surface area (Å²) in [7, 11) is -4.71. The van der Waals surface area contributed by atoms with Crippen LogP contribution < -0.4 is 0 Å². The van der Waals surface area contributed by atoms with Crippen LogP contribution in [0.1, 0.15) is 94.2 Å². The van der Waals surface area contributed by atoms with Crippen LogP contribution in [0, 0.1) is 0 Å². The standard InChI is InChI=1S/C32H52Br2OSi2/c1-23(2)36(24(3)4,31(9,10)21-27-17-13-15-19-29(27)33)35-37(25(5)6,26(7)8)32(11,12)22-28-18-14-16-20-30(28)34/h13-20,23-26H,21-22H2,1-12H3. The van der Waals surface area contributed by atoms with Gasteiger partial charge in [0.05, 0.1) is 0 Å². The van der Waals surface area contributed by atoms with Crippen LogP contribution in [0.4, 0.5) is 0 Å². The number of rotatable bonds is 12. The summed E-state index contributed by atoms with van der Waals surface area (Å²) in [4.78, 5) is 0. The van der Waals surface area contributed by atoms with E-state index >= 15 is 0 Å². The third-order valence-electron chi connectivity index (χ3n) is 9.06. The third-order valence-corrected chi connectivity index (χ3v) is 24.8. The van der Waals surface area contributed by atoms with Gasteiger partial charge in [0.1, 0.15) is 0 Å². The Morgan fingerprint density at radius 3 is 1.08 bits per heavy atom. The van der Waals surface area contributed by atoms with Gasteiger partial charge in [-0.1, -0.05) is 151 Å². The zero-order valence-corrected chi connectivity index (χ0v) is 30.7. The van der Waals surface area contributed by atoms with Crippen LogP contribution >= 0.6 is 31.9 Å². The fourth-order valence-electron chi connectivity index (χ4n) is 8.00. The monoisotopic (exact) mass is 666 g/mol. The molecule has 0 aliphatic heterocycles. The van der Waals surface area contributed by atoms with Gasteiger partial charge in [0.25, 0.3) is 0 Å². The van der Waals surface area contributed by atoms with Crippen LogP contribution in [-0.2, 0) is 17.0 Å². The molecule has 0 aliphatic rings. The van der Waals surface area contributed by atoms with Gasteiger partial charge in [-0.2, -0.15) is 0 Å². The van der Waals surface area contributed by atoms with Gasteiger partial charge < -0.3 is 4.12 Å². The van der Waals surface area contributed by atoms with Crippen molar-refractivity contribution in [2.75, 3.05) is 0 Å². The maximum atomic E-state index is 8.27. The Balaban J connectivity index is 2.76. The molecule has 2 rings (SSSR count). The molecule has 208 valence electrons. The van der Waals surface area contributed by atoms with E-state index in [1.165, 1.54) is 20.1 Å². The fourth-order valence-corrected chi connectivity index (χ4v) is 26.9. The molecule has 0 aromatic heterocycles. The van der Waals surface area contributed by atoms with Crippen molar-refractivity contribution in [1.82, 2.24) is 0 Å². The van der Waals surface area contributed by atoms with Gasteiger partial charge in [0, 0.05) is 8.95 Å². The zero-order valence-electron chi connectivity index (χ0n) is 25.5. The van der Waals surface area contributed by atoms with Crippen LogP contribution in [-0.4, -0.2) is 16.6 Å². The van der Waals surface area contributed by atoms with Gasteiger partial charge in [0.15, 0.2) is 16.6 Å². The van der Waals surface area contributed by atoms with Crippen LogP contribution in [0.5, 0.6) is 0 Å². The van der Waals surface area contributed by atoms with Crippen LogP contribution in [0.25, 0.3) is 0 Å². The van der Waals surface area contributed by atoms with E-state index in [0.29, 0.717) is 22.2 Å². The van der Waals surface area contributed by atoms with E-state index in [1.54, 1.807) is 0 Å². The Bertz CT molecular complexity index is 929. The summed E-state index contributed by atoms with van der Waals surface area (Å²) in [6, 6.07) is 17.5. The summed E-state index contributed by atoms with van der Waals surface area (Å²) in [5, 5.41) is 0.120. The van der Waals surface area contributed by atoms with Crippen molar-refractivity contribution in [2.24, 2.45) is 0 Å². The van der Waals surface area contributed by atoms with Crippen molar-refractivity contribution >= 4 is 48.5 Å². The van der Waals surface area contributed by atoms with Crippen molar-refractivity contribution in [3.05, 3.63) is 68.6 Å². The van der Waals surface area contributed by atoms with Crippen molar-refractivity contribution in [3.63, 3.8) is 0 Å². The average molecular weight is 669 g/mol. The molecule has 5 heteroatoms. The first-order chi connectivity index (χ1) is 17.0. The van der Waals surface area contributed by atoms with E-state index in [2.05, 4.69) is 163 Å². The molecule has 0 amide bonds. The molecule has 37 heavy (non-hydrogen) atoms. The number of benzene rings is 2. The van der Waals surface area contributed by atoms with Gasteiger partial charge in [0.2, 0.25) is 0 Å². The molecule has 0 aliphatic carbocycles. The van der Waals surface area contributed by atoms with Crippen molar-refractivity contribution in [2.45, 2.75) is 128 Å². The van der Waals surface area contributed by atoms with E-state index in [1.807, 2.05) is 0 Å². The maximum absolute atomic E-state index is 8.27. The quantitative estimate of drug-likeness (QED) is 0.205. The molecule has 0 saturated heterocycles. The lowest BCUT2D eigenvalue weighted by Gasteiger charge is -2.61. The summed E-state index contributed by atoms with van der Waals surface area (Å²) in [5.74, 6) is 0. The summed E-state index contributed by atoms with van der Waals surface area (Å²) in [6.07, 6.45) is 2.06. The molecule has 0 heterocycles. The van der Waals surface area contributed by atoms with Crippen molar-refractivity contribution in [1.29, 1.82) is 0 Å². The Labute approximate surface area is 248 Å². The van der Waals surface area contributed by atoms with E-state index < -0.39 is 16.6 Å². The van der Waals surface area contributed by atoms with Gasteiger partial charge >= 0.3 is 0 Å². The minimum Gasteiger partial charge on any atom is -0.453 e. The summed E-state index contributed by atoms with van der Waals surface area (Å²) >= 11 is 7.70. The molecule has 0 saturated carbocycles. The molecule has 0 atom stereocenters. The minimum atomic E-state index is -2.36. The predicted molar refractivity (Wildman–Crippen MR) is 177 cm³/mol. The highest BCUT2D eigenvalue weighted by Gasteiger charge is 2.63. The van der Waals surface area contributed by atoms with Crippen LogP contribution in [0.15, 0.2) is 57.5 Å². The summed E-state index contributed by atoms with van der Waals surface area (Å²) in [5.41, 5.74) is 4.82. The summed E-state index contributed by atoms with van der Waals surface area (Å²) in [6.45, 7) is 29.7. The minimum absolute atomic E-state index is 0.0602. The van der Waals surface area contributed by atoms with E-state index in [4.69, 9.17) is 4.12 Å². The Hall–Kier alpha value is -0.206. The van der Waals surface area contributed by atoms with Gasteiger partial charge in [-0.05, 0) is 68.3 Å². The Morgan fingerprint density at radius 1 is 0.568 bits per heavy atom. The largest absolute Gasteiger partial charge is 0.453 e. The smallest absolute Gasteiger partial charge is 0.190 e. The molecule has 0 radical (unpaired) electrons. The topological polar surface area (TPSA) is 9.23 Å². The molecule has 0 bridgehead atoms. The van der Waals surface area contributed by atoms with E-state index in [9.17, 15) is 0 Å². The first-order valence-corrected chi connectivity index (χ1v) is 19.8. The molecule has 2 aromatic rings. The SMILES string of the molecule is CC(C)[Si](O[Si](C(C)C)(C(C)C)C(C)(C)Cc1ccccc1Br)(C(C)C)C(C)(C)Cc1ccccc1Br. The molecule has 1 nitrogen and oxygen atoms in total. The number of hydrogen-bond donors (Lipinski definition) is 0. The number of hydrogen-bond acceptors (Lipinski definition) is 1. The molecule has 0 unspecified atom stereocenters. The first kappa shape index (κ1) is 33.0. The van der Waals surface area contributed by atoms with Gasteiger partial charge in [-0.25, -0.2) is 0 Å². The first-order valence-electron chi connectivity index (χ1n) is 14.1. The van der Waals surface area contributed by atoms with E-state index in [0.717, 1.165) is 12.8 Å². The van der Waals surface area contributed by atoms with Crippen molar-refractivity contribution < 1.29 is 4.12 Å². The summed E-state index contributed by atoms with van der Waals surface area (Å²) < 4.78 is 10.7. The zero-order chi connectivity index (χ0) is 28.4. The van der Waals surface area contributed by atoms with Crippen LogP contribution in [0.2, 0.25) is 32.2 Å². The molecule has 0 spiro atoms. The second kappa shape index (κ2) is 12.5. The molecular weight excluding hydrogens is 616 g/mol. The maximum Gasteiger partial charge on any atom is 0.190 e. The lowest BCUT2D eigenvalue weighted by molar-refractivity contribution is 0.361. The van der Waals surface area contributed by atoms with Crippen LogP contribution in [0.3, 0.4) is 0 Å². The highest BCUT2D eigenvalue weighted by Crippen LogP contribution is 2.61. The molecule has 0 fully saturated rings. The Kier molecular flexibility index (Phi) is 11.2. The van der Waals surface area contributed by atoms with Gasteiger partial charge in [-0.3, -0.25) is 0 Å². The van der Waals surface area contributed by atoms with Gasteiger partial charge in [-0.15, -0.1) is 0 Å². The normalized spacial score (nSPS) is 13.9. The molecule has 2 aromatic carbocycles. The average Bonchev–Trinajstić information content (AvgIpc) is 2.76. The fraction of sp³-hybridized carbons (Fsp3) is 0.625. The lowest BCUT2D eigenvalue weighted by Crippen LogP contribution is -2.66. The lowest BCUT2D eigenvalue weighted by atomic mass is 10.0. The molecular formula is C32H52Br2OSi2. The second-order valence-corrected chi connectivity index (χ2v) is 26.6. The Morgan fingerprint density at radius 2 is 0.838 bits per heavy atom. The second-order valence-electron chi connectivity index (χ2n) is 13.6.